The second-order valence-electron chi connectivity index (χ2n) is 7.25. The van der Waals surface area contributed by atoms with Gasteiger partial charge in [0.25, 0.3) is 0 Å². The number of methoxy groups -OCH3 is 1. The molecule has 0 saturated heterocycles. The van der Waals surface area contributed by atoms with Crippen LogP contribution < -0.4 is 0 Å². The summed E-state index contributed by atoms with van der Waals surface area (Å²) in [7, 11) is 1.34. The molecule has 1 aliphatic heterocycles. The van der Waals surface area contributed by atoms with Gasteiger partial charge >= 0.3 is 5.97 Å². The number of hydrogen-bond donors (Lipinski definition) is 2. The van der Waals surface area contributed by atoms with Gasteiger partial charge < -0.3 is 14.9 Å². The van der Waals surface area contributed by atoms with E-state index in [-0.39, 0.29) is 0 Å². The molecule has 0 fully saturated rings. The Balaban J connectivity index is 2.09. The highest BCUT2D eigenvalue weighted by molar-refractivity contribution is 8.04. The van der Waals surface area contributed by atoms with Gasteiger partial charge in [-0.2, -0.15) is 0 Å². The van der Waals surface area contributed by atoms with Crippen LogP contribution in [0.4, 0.5) is 0 Å². The maximum atomic E-state index is 12.2. The minimum atomic E-state index is -1.22. The molecule has 27 heavy (non-hydrogen) atoms. The summed E-state index contributed by atoms with van der Waals surface area (Å²) in [6.07, 6.45) is 1.76. The number of rotatable bonds is 5. The molecule has 0 radical (unpaired) electrons. The van der Waals surface area contributed by atoms with Crippen molar-refractivity contribution in [1.82, 2.24) is 0 Å². The van der Waals surface area contributed by atoms with Gasteiger partial charge in [-0.3, -0.25) is 0 Å². The fraction of sp³-hybridized carbons (Fsp3) is 0.450. The number of carbonyl (C=O) groups excluding carboxylic acids is 1. The third-order valence-electron chi connectivity index (χ3n) is 5.14. The summed E-state index contributed by atoms with van der Waals surface area (Å²) >= 11 is 4.26. The number of thioether (sulfide) groups is 1. The maximum Gasteiger partial charge on any atom is 0.344 e. The highest BCUT2D eigenvalue weighted by Crippen LogP contribution is 2.54. The van der Waals surface area contributed by atoms with Crippen molar-refractivity contribution in [2.75, 3.05) is 7.11 Å². The SMILES string of the molecule is COC(=O)C1=CC(C(C)(O)c2sccc2C)C(C(C)(O)c2sccc2C)S1. The molecule has 2 aromatic rings. The minimum Gasteiger partial charge on any atom is -0.465 e. The van der Waals surface area contributed by atoms with E-state index in [1.807, 2.05) is 36.7 Å². The first kappa shape index (κ1) is 20.6. The van der Waals surface area contributed by atoms with E-state index in [2.05, 4.69) is 0 Å². The van der Waals surface area contributed by atoms with E-state index in [0.717, 1.165) is 20.9 Å². The minimum absolute atomic E-state index is 0.427. The standard InChI is InChI=1S/C20H24O4S3/c1-11-6-8-25-15(11)19(3,22)13-10-14(18(21)24-5)27-17(13)20(4,23)16-12(2)7-9-26-16/h6-10,13,17,22-23H,1-5H3. The van der Waals surface area contributed by atoms with Gasteiger partial charge in [-0.25, -0.2) is 4.79 Å². The molecule has 0 bridgehead atoms. The first-order chi connectivity index (χ1) is 12.6. The van der Waals surface area contributed by atoms with Crippen molar-refractivity contribution in [2.45, 2.75) is 44.1 Å². The molecule has 1 aliphatic rings. The van der Waals surface area contributed by atoms with E-state index in [1.165, 1.54) is 41.5 Å². The zero-order valence-corrected chi connectivity index (χ0v) is 18.4. The lowest BCUT2D eigenvalue weighted by Gasteiger charge is -2.40. The molecular weight excluding hydrogens is 400 g/mol. The van der Waals surface area contributed by atoms with Crippen molar-refractivity contribution in [1.29, 1.82) is 0 Å². The van der Waals surface area contributed by atoms with Crippen molar-refractivity contribution in [3.8, 4) is 0 Å². The van der Waals surface area contributed by atoms with Crippen molar-refractivity contribution in [2.24, 2.45) is 5.92 Å². The Morgan fingerprint density at radius 2 is 1.56 bits per heavy atom. The van der Waals surface area contributed by atoms with Crippen LogP contribution in [0.25, 0.3) is 0 Å². The predicted molar refractivity (Wildman–Crippen MR) is 112 cm³/mol. The maximum absolute atomic E-state index is 12.2. The monoisotopic (exact) mass is 424 g/mol. The van der Waals surface area contributed by atoms with E-state index in [4.69, 9.17) is 4.74 Å². The summed E-state index contributed by atoms with van der Waals surface area (Å²) in [6, 6.07) is 3.94. The summed E-state index contributed by atoms with van der Waals surface area (Å²) in [4.78, 5) is 14.3. The molecule has 4 atom stereocenters. The molecule has 0 aliphatic carbocycles. The van der Waals surface area contributed by atoms with Gasteiger partial charge in [0.15, 0.2) is 0 Å². The van der Waals surface area contributed by atoms with Crippen molar-refractivity contribution in [3.63, 3.8) is 0 Å². The van der Waals surface area contributed by atoms with Crippen LogP contribution >= 0.6 is 34.4 Å². The van der Waals surface area contributed by atoms with Crippen LogP contribution in [0.5, 0.6) is 0 Å². The van der Waals surface area contributed by atoms with Gasteiger partial charge in [0.1, 0.15) is 11.2 Å². The molecule has 2 aromatic heterocycles. The zero-order chi connectivity index (χ0) is 20.0. The Hall–Kier alpha value is -1.12. The number of hydrogen-bond acceptors (Lipinski definition) is 7. The molecule has 0 saturated carbocycles. The van der Waals surface area contributed by atoms with E-state index in [9.17, 15) is 15.0 Å². The van der Waals surface area contributed by atoms with Gasteiger partial charge in [0, 0.05) is 15.7 Å². The summed E-state index contributed by atoms with van der Waals surface area (Å²) in [5.74, 6) is -0.893. The fourth-order valence-electron chi connectivity index (χ4n) is 3.70. The lowest BCUT2D eigenvalue weighted by Crippen LogP contribution is -2.45. The second-order valence-corrected chi connectivity index (χ2v) is 10.3. The van der Waals surface area contributed by atoms with E-state index in [1.54, 1.807) is 19.9 Å². The topological polar surface area (TPSA) is 66.8 Å². The second kappa shape index (κ2) is 7.37. The molecule has 4 unspecified atom stereocenters. The Morgan fingerprint density at radius 1 is 1.04 bits per heavy atom. The average Bonchev–Trinajstić information content (AvgIpc) is 3.33. The van der Waals surface area contributed by atoms with Crippen LogP contribution in [0, 0.1) is 19.8 Å². The molecule has 0 aromatic carbocycles. The highest BCUT2D eigenvalue weighted by Gasteiger charge is 2.52. The van der Waals surface area contributed by atoms with Crippen LogP contribution in [-0.2, 0) is 20.7 Å². The molecule has 4 nitrogen and oxygen atoms in total. The van der Waals surface area contributed by atoms with Crippen LogP contribution in [-0.4, -0.2) is 28.5 Å². The quantitative estimate of drug-likeness (QED) is 0.700. The number of esters is 1. The lowest BCUT2D eigenvalue weighted by molar-refractivity contribution is -0.135. The largest absolute Gasteiger partial charge is 0.465 e. The molecule has 0 amide bonds. The molecule has 3 heterocycles. The van der Waals surface area contributed by atoms with Crippen LogP contribution in [0.3, 0.4) is 0 Å². The van der Waals surface area contributed by atoms with Gasteiger partial charge in [-0.1, -0.05) is 6.08 Å². The first-order valence-electron chi connectivity index (χ1n) is 8.61. The van der Waals surface area contributed by atoms with Crippen LogP contribution in [0.2, 0.25) is 0 Å². The number of aryl methyl sites for hydroxylation is 2. The van der Waals surface area contributed by atoms with E-state index >= 15 is 0 Å². The summed E-state index contributed by atoms with van der Waals surface area (Å²) in [5.41, 5.74) is -0.431. The third kappa shape index (κ3) is 3.51. The van der Waals surface area contributed by atoms with Crippen LogP contribution in [0.1, 0.15) is 34.7 Å². The molecule has 0 spiro atoms. The Kier molecular flexibility index (Phi) is 5.62. The van der Waals surface area contributed by atoms with Gasteiger partial charge in [0.05, 0.1) is 17.3 Å². The fourth-order valence-corrected chi connectivity index (χ4v) is 7.36. The molecule has 3 rings (SSSR count). The number of thiophene rings is 2. The van der Waals surface area contributed by atoms with Crippen molar-refractivity contribution >= 4 is 40.4 Å². The molecule has 7 heteroatoms. The number of ether oxygens (including phenoxy) is 1. The Morgan fingerprint density at radius 3 is 2.00 bits per heavy atom. The molecular formula is C20H24O4S3. The van der Waals surface area contributed by atoms with Crippen LogP contribution in [0.15, 0.2) is 33.9 Å². The first-order valence-corrected chi connectivity index (χ1v) is 11.2. The highest BCUT2D eigenvalue weighted by atomic mass is 32.2. The van der Waals surface area contributed by atoms with E-state index in [0.29, 0.717) is 4.91 Å². The predicted octanol–water partition coefficient (Wildman–Crippen LogP) is 4.33. The third-order valence-corrected chi connectivity index (χ3v) is 9.19. The zero-order valence-electron chi connectivity index (χ0n) is 16.0. The molecule has 2 N–H and O–H groups in total. The summed E-state index contributed by atoms with van der Waals surface area (Å²) in [6.45, 7) is 7.45. The van der Waals surface area contributed by atoms with Crippen molar-refractivity contribution < 1.29 is 19.7 Å². The van der Waals surface area contributed by atoms with E-state index < -0.39 is 28.3 Å². The Bertz CT molecular complexity index is 875. The Labute approximate surface area is 171 Å². The smallest absolute Gasteiger partial charge is 0.344 e. The summed E-state index contributed by atoms with van der Waals surface area (Å²) < 4.78 is 4.90. The lowest BCUT2D eigenvalue weighted by atomic mass is 9.77. The molecule has 146 valence electrons. The number of aliphatic hydroxyl groups is 2. The van der Waals surface area contributed by atoms with Gasteiger partial charge in [0.2, 0.25) is 0 Å². The average molecular weight is 425 g/mol. The van der Waals surface area contributed by atoms with Crippen molar-refractivity contribution in [3.05, 3.63) is 54.8 Å². The van der Waals surface area contributed by atoms with Gasteiger partial charge in [-0.05, 0) is 61.7 Å². The normalized spacial score (nSPS) is 24.2. The number of carbonyl (C=O) groups is 1. The summed E-state index contributed by atoms with van der Waals surface area (Å²) in [5, 5.41) is 26.5. The van der Waals surface area contributed by atoms with Gasteiger partial charge in [-0.15, -0.1) is 34.4 Å².